The SMILES string of the molecule is CCOC(=O)c1cc(NC(=O)[C@@H](CC)c2ccccc2)ccc1O. The molecule has 1 atom stereocenters. The van der Waals surface area contributed by atoms with E-state index in [1.165, 1.54) is 12.1 Å². The van der Waals surface area contributed by atoms with E-state index in [0.29, 0.717) is 12.1 Å². The molecule has 2 N–H and O–H groups in total. The molecule has 0 aromatic heterocycles. The molecule has 2 aromatic rings. The van der Waals surface area contributed by atoms with Crippen LogP contribution in [0.25, 0.3) is 0 Å². The van der Waals surface area contributed by atoms with Gasteiger partial charge in [-0.2, -0.15) is 0 Å². The number of carbonyl (C=O) groups is 2. The molecule has 0 aliphatic heterocycles. The minimum Gasteiger partial charge on any atom is -0.507 e. The minimum absolute atomic E-state index is 0.0300. The topological polar surface area (TPSA) is 75.6 Å². The van der Waals surface area contributed by atoms with Crippen molar-refractivity contribution in [2.24, 2.45) is 0 Å². The van der Waals surface area contributed by atoms with Gasteiger partial charge in [0.1, 0.15) is 11.3 Å². The van der Waals surface area contributed by atoms with E-state index in [9.17, 15) is 14.7 Å². The first kappa shape index (κ1) is 17.5. The second-order valence-electron chi connectivity index (χ2n) is 5.31. The molecular formula is C19H21NO4. The largest absolute Gasteiger partial charge is 0.507 e. The normalized spacial score (nSPS) is 11.6. The van der Waals surface area contributed by atoms with E-state index in [4.69, 9.17) is 4.74 Å². The predicted octanol–water partition coefficient (Wildman–Crippen LogP) is 3.70. The smallest absolute Gasteiger partial charge is 0.341 e. The van der Waals surface area contributed by atoms with Crippen LogP contribution in [0.5, 0.6) is 5.75 Å². The molecule has 24 heavy (non-hydrogen) atoms. The lowest BCUT2D eigenvalue weighted by Gasteiger charge is -2.16. The van der Waals surface area contributed by atoms with Crippen LogP contribution in [0.15, 0.2) is 48.5 Å². The van der Waals surface area contributed by atoms with Crippen LogP contribution in [0, 0.1) is 0 Å². The van der Waals surface area contributed by atoms with E-state index in [-0.39, 0.29) is 29.7 Å². The number of carbonyl (C=O) groups excluding carboxylic acids is 2. The molecule has 126 valence electrons. The molecule has 5 heteroatoms. The summed E-state index contributed by atoms with van der Waals surface area (Å²) in [5, 5.41) is 12.6. The molecule has 0 bridgehead atoms. The number of esters is 1. The van der Waals surface area contributed by atoms with E-state index in [0.717, 1.165) is 5.56 Å². The number of phenols is 1. The number of ether oxygens (including phenoxy) is 1. The summed E-state index contributed by atoms with van der Waals surface area (Å²) < 4.78 is 4.90. The Bertz CT molecular complexity index is 713. The van der Waals surface area contributed by atoms with Crippen molar-refractivity contribution >= 4 is 17.6 Å². The van der Waals surface area contributed by atoms with Gasteiger partial charge in [-0.25, -0.2) is 4.79 Å². The van der Waals surface area contributed by atoms with Crippen LogP contribution in [-0.4, -0.2) is 23.6 Å². The Hall–Kier alpha value is -2.82. The molecule has 0 unspecified atom stereocenters. The second kappa shape index (κ2) is 8.15. The summed E-state index contributed by atoms with van der Waals surface area (Å²) >= 11 is 0. The fourth-order valence-corrected chi connectivity index (χ4v) is 2.47. The third-order valence-electron chi connectivity index (χ3n) is 3.69. The number of phenolic OH excluding ortho intramolecular Hbond substituents is 1. The van der Waals surface area contributed by atoms with Gasteiger partial charge in [-0.3, -0.25) is 4.79 Å². The maximum atomic E-state index is 12.5. The third-order valence-corrected chi connectivity index (χ3v) is 3.69. The number of hydrogen-bond acceptors (Lipinski definition) is 4. The van der Waals surface area contributed by atoms with Gasteiger partial charge < -0.3 is 15.2 Å². The lowest BCUT2D eigenvalue weighted by molar-refractivity contribution is -0.117. The highest BCUT2D eigenvalue weighted by Gasteiger charge is 2.20. The highest BCUT2D eigenvalue weighted by molar-refractivity contribution is 5.98. The Morgan fingerprint density at radius 3 is 2.46 bits per heavy atom. The quantitative estimate of drug-likeness (QED) is 0.626. The molecule has 0 aliphatic carbocycles. The van der Waals surface area contributed by atoms with E-state index >= 15 is 0 Å². The molecule has 0 fully saturated rings. The summed E-state index contributed by atoms with van der Waals surface area (Å²) in [5.41, 5.74) is 1.40. The van der Waals surface area contributed by atoms with Crippen LogP contribution < -0.4 is 5.32 Å². The summed E-state index contributed by atoms with van der Waals surface area (Å²) in [6.45, 7) is 3.84. The van der Waals surface area contributed by atoms with E-state index in [1.807, 2.05) is 37.3 Å². The number of aromatic hydroxyl groups is 1. The monoisotopic (exact) mass is 327 g/mol. The van der Waals surface area contributed by atoms with Crippen molar-refractivity contribution in [3.63, 3.8) is 0 Å². The summed E-state index contributed by atoms with van der Waals surface area (Å²) in [6.07, 6.45) is 0.651. The lowest BCUT2D eigenvalue weighted by Crippen LogP contribution is -2.21. The molecule has 0 spiro atoms. The average Bonchev–Trinajstić information content (AvgIpc) is 2.58. The maximum absolute atomic E-state index is 12.5. The Kier molecular flexibility index (Phi) is 5.95. The molecule has 5 nitrogen and oxygen atoms in total. The van der Waals surface area contributed by atoms with Crippen LogP contribution >= 0.6 is 0 Å². The Morgan fingerprint density at radius 1 is 1.12 bits per heavy atom. The lowest BCUT2D eigenvalue weighted by atomic mass is 9.95. The van der Waals surface area contributed by atoms with Crippen molar-refractivity contribution in [1.82, 2.24) is 0 Å². The van der Waals surface area contributed by atoms with Crippen molar-refractivity contribution in [3.8, 4) is 5.75 Å². The molecular weight excluding hydrogens is 306 g/mol. The van der Waals surface area contributed by atoms with Gasteiger partial charge in [-0.1, -0.05) is 37.3 Å². The number of benzene rings is 2. The summed E-state index contributed by atoms with van der Waals surface area (Å²) in [5.74, 6) is -1.25. The van der Waals surface area contributed by atoms with E-state index in [2.05, 4.69) is 5.32 Å². The van der Waals surface area contributed by atoms with Gasteiger partial charge in [0.05, 0.1) is 12.5 Å². The van der Waals surface area contributed by atoms with E-state index in [1.54, 1.807) is 13.0 Å². The Morgan fingerprint density at radius 2 is 1.83 bits per heavy atom. The Labute approximate surface area is 141 Å². The fraction of sp³-hybridized carbons (Fsp3) is 0.263. The van der Waals surface area contributed by atoms with Crippen molar-refractivity contribution in [2.45, 2.75) is 26.2 Å². The van der Waals surface area contributed by atoms with Gasteiger partial charge in [0, 0.05) is 5.69 Å². The van der Waals surface area contributed by atoms with Crippen LogP contribution in [0.4, 0.5) is 5.69 Å². The van der Waals surface area contributed by atoms with Crippen molar-refractivity contribution in [1.29, 1.82) is 0 Å². The number of amides is 1. The maximum Gasteiger partial charge on any atom is 0.341 e. The van der Waals surface area contributed by atoms with Crippen LogP contribution in [-0.2, 0) is 9.53 Å². The van der Waals surface area contributed by atoms with Crippen molar-refractivity contribution < 1.29 is 19.4 Å². The minimum atomic E-state index is -0.624. The molecule has 0 aliphatic rings. The van der Waals surface area contributed by atoms with Crippen LogP contribution in [0.1, 0.15) is 42.1 Å². The summed E-state index contributed by atoms with van der Waals surface area (Å²) in [4.78, 5) is 24.4. The first-order valence-corrected chi connectivity index (χ1v) is 7.92. The Balaban J connectivity index is 2.19. The average molecular weight is 327 g/mol. The first-order chi connectivity index (χ1) is 11.6. The van der Waals surface area contributed by atoms with Crippen LogP contribution in [0.3, 0.4) is 0 Å². The summed E-state index contributed by atoms with van der Waals surface area (Å²) in [6, 6.07) is 13.8. The first-order valence-electron chi connectivity index (χ1n) is 7.92. The molecule has 0 heterocycles. The molecule has 1 amide bonds. The van der Waals surface area contributed by atoms with Gasteiger partial charge in [0.2, 0.25) is 5.91 Å². The number of nitrogens with one attached hydrogen (secondary N) is 1. The number of hydrogen-bond donors (Lipinski definition) is 2. The van der Waals surface area contributed by atoms with Crippen molar-refractivity contribution in [2.75, 3.05) is 11.9 Å². The van der Waals surface area contributed by atoms with E-state index < -0.39 is 5.97 Å². The van der Waals surface area contributed by atoms with Gasteiger partial charge in [-0.15, -0.1) is 0 Å². The standard InChI is InChI=1S/C19H21NO4/c1-3-15(13-8-6-5-7-9-13)18(22)20-14-10-11-17(21)16(12-14)19(23)24-4-2/h5-12,15,21H,3-4H2,1-2H3,(H,20,22)/t15-/m0/s1. The highest BCUT2D eigenvalue weighted by atomic mass is 16.5. The van der Waals surface area contributed by atoms with Crippen LogP contribution in [0.2, 0.25) is 0 Å². The zero-order valence-electron chi connectivity index (χ0n) is 13.8. The summed E-state index contributed by atoms with van der Waals surface area (Å²) in [7, 11) is 0. The molecule has 0 saturated heterocycles. The highest BCUT2D eigenvalue weighted by Crippen LogP contribution is 2.25. The van der Waals surface area contributed by atoms with Gasteiger partial charge in [0.15, 0.2) is 0 Å². The second-order valence-corrected chi connectivity index (χ2v) is 5.31. The third kappa shape index (κ3) is 4.13. The molecule has 2 aromatic carbocycles. The zero-order chi connectivity index (χ0) is 17.5. The number of anilines is 1. The molecule has 0 radical (unpaired) electrons. The molecule has 2 rings (SSSR count). The number of rotatable bonds is 6. The van der Waals surface area contributed by atoms with Gasteiger partial charge in [0.25, 0.3) is 0 Å². The van der Waals surface area contributed by atoms with Gasteiger partial charge >= 0.3 is 5.97 Å². The fourth-order valence-electron chi connectivity index (χ4n) is 2.47. The predicted molar refractivity (Wildman–Crippen MR) is 92.2 cm³/mol. The zero-order valence-corrected chi connectivity index (χ0v) is 13.8. The molecule has 0 saturated carbocycles. The van der Waals surface area contributed by atoms with Gasteiger partial charge in [-0.05, 0) is 37.1 Å². The van der Waals surface area contributed by atoms with Crippen molar-refractivity contribution in [3.05, 3.63) is 59.7 Å².